The van der Waals surface area contributed by atoms with E-state index >= 15 is 0 Å². The summed E-state index contributed by atoms with van der Waals surface area (Å²) in [6, 6.07) is 0. The summed E-state index contributed by atoms with van der Waals surface area (Å²) in [5.74, 6) is 1.35. The van der Waals surface area contributed by atoms with Crippen LogP contribution < -0.4 is 0 Å². The second-order valence-corrected chi connectivity index (χ2v) is 16.4. The van der Waals surface area contributed by atoms with Crippen molar-refractivity contribution in [3.8, 4) is 0 Å². The molecule has 0 aromatic heterocycles. The minimum absolute atomic E-state index is 0.0914. The summed E-state index contributed by atoms with van der Waals surface area (Å²) < 4.78 is 17.1. The van der Waals surface area contributed by atoms with Crippen LogP contribution >= 0.6 is 0 Å². The van der Waals surface area contributed by atoms with Crippen LogP contribution in [0.25, 0.3) is 0 Å². The van der Waals surface area contributed by atoms with Gasteiger partial charge in [0.05, 0.1) is 12.3 Å². The van der Waals surface area contributed by atoms with E-state index in [1.165, 1.54) is 57.8 Å². The van der Waals surface area contributed by atoms with E-state index in [9.17, 15) is 14.4 Å². The van der Waals surface area contributed by atoms with E-state index < -0.39 is 0 Å². The first-order valence-electron chi connectivity index (χ1n) is 21.3. The van der Waals surface area contributed by atoms with Crippen LogP contribution in [-0.2, 0) is 28.6 Å². The van der Waals surface area contributed by atoms with E-state index in [2.05, 4.69) is 50.0 Å². The summed E-state index contributed by atoms with van der Waals surface area (Å²) in [6.45, 7) is 9.85. The molecule has 7 nitrogen and oxygen atoms in total. The molecule has 0 aromatic carbocycles. The fourth-order valence-corrected chi connectivity index (χ4v) is 9.28. The summed E-state index contributed by atoms with van der Waals surface area (Å²) in [7, 11) is 0. The average molecular weight is 714 g/mol. The molecule has 51 heavy (non-hydrogen) atoms. The van der Waals surface area contributed by atoms with Gasteiger partial charge in [-0.15, -0.1) is 0 Å². The number of carbonyl (C=O) groups excluding carboxylic acids is 3. The lowest BCUT2D eigenvalue weighted by Crippen LogP contribution is -2.47. The number of hydrogen-bond acceptors (Lipinski definition) is 7. The maximum Gasteiger partial charge on any atom is 0.306 e. The number of allylic oxidation sites excluding steroid dienone is 4. The van der Waals surface area contributed by atoms with Crippen molar-refractivity contribution < 1.29 is 28.6 Å². The molecule has 4 fully saturated rings. The molecule has 4 rings (SSSR count). The van der Waals surface area contributed by atoms with Crippen molar-refractivity contribution in [1.82, 2.24) is 4.90 Å². The van der Waals surface area contributed by atoms with Gasteiger partial charge in [-0.05, 0) is 139 Å². The smallest absolute Gasteiger partial charge is 0.306 e. The predicted octanol–water partition coefficient (Wildman–Crippen LogP) is 10.6. The molecule has 4 aliphatic rings. The average Bonchev–Trinajstić information content (AvgIpc) is 3.09. The highest BCUT2D eigenvalue weighted by Crippen LogP contribution is 2.61. The lowest BCUT2D eigenvalue weighted by atomic mass is 9.49. The van der Waals surface area contributed by atoms with Gasteiger partial charge in [-0.1, -0.05) is 77.2 Å². The standard InChI is InChI=1S/C44H75NO6/c1-4-7-8-9-10-11-12-13-14-15-16-17-18-19-20-22-41(46)49-34-40(35-50-42(47)23-21-26-45(24-5-2)25-6-3)36-51-43(48)33-44-30-37-27-38(31-44)29-39(28-37)32-44/h10-11,13-14,37-40H,4-9,12,15-36H2,1-3H3/b11-10-,14-13-. The van der Waals surface area contributed by atoms with Gasteiger partial charge in [-0.3, -0.25) is 14.4 Å². The Balaban J connectivity index is 1.33. The van der Waals surface area contributed by atoms with Crippen LogP contribution in [0.4, 0.5) is 0 Å². The van der Waals surface area contributed by atoms with Gasteiger partial charge in [0.15, 0.2) is 0 Å². The molecule has 0 spiro atoms. The maximum atomic E-state index is 13.1. The molecule has 292 valence electrons. The van der Waals surface area contributed by atoms with E-state index in [4.69, 9.17) is 14.2 Å². The van der Waals surface area contributed by atoms with Crippen molar-refractivity contribution >= 4 is 17.9 Å². The van der Waals surface area contributed by atoms with Gasteiger partial charge < -0.3 is 19.1 Å². The van der Waals surface area contributed by atoms with Gasteiger partial charge >= 0.3 is 17.9 Å². The van der Waals surface area contributed by atoms with E-state index in [0.717, 1.165) is 108 Å². The Morgan fingerprint density at radius 1 is 0.588 bits per heavy atom. The molecule has 1 unspecified atom stereocenters. The highest BCUT2D eigenvalue weighted by atomic mass is 16.6. The molecule has 1 atom stereocenters. The number of nitrogens with zero attached hydrogens (tertiary/aromatic N) is 1. The van der Waals surface area contributed by atoms with Gasteiger partial charge in [0.1, 0.15) is 19.8 Å². The van der Waals surface area contributed by atoms with Gasteiger partial charge in [0.2, 0.25) is 0 Å². The predicted molar refractivity (Wildman–Crippen MR) is 207 cm³/mol. The third-order valence-corrected chi connectivity index (χ3v) is 11.4. The normalized spacial score (nSPS) is 23.0. The summed E-state index contributed by atoms with van der Waals surface area (Å²) in [6.07, 6.45) is 33.3. The largest absolute Gasteiger partial charge is 0.465 e. The first-order chi connectivity index (χ1) is 24.8. The second kappa shape index (κ2) is 25.8. The Hall–Kier alpha value is -2.15. The molecule has 0 amide bonds. The number of rotatable bonds is 30. The Morgan fingerprint density at radius 2 is 1.08 bits per heavy atom. The molecule has 0 aromatic rings. The van der Waals surface area contributed by atoms with Crippen molar-refractivity contribution in [2.45, 2.75) is 168 Å². The molecule has 4 aliphatic carbocycles. The van der Waals surface area contributed by atoms with Crippen LogP contribution in [0.2, 0.25) is 0 Å². The molecular formula is C44H75NO6. The fraction of sp³-hybridized carbons (Fsp3) is 0.841. The zero-order valence-electron chi connectivity index (χ0n) is 33.0. The van der Waals surface area contributed by atoms with Crippen LogP contribution in [0.5, 0.6) is 0 Å². The Kier molecular flexibility index (Phi) is 21.9. The summed E-state index contributed by atoms with van der Waals surface area (Å²) in [4.78, 5) is 40.8. The highest BCUT2D eigenvalue weighted by molar-refractivity contribution is 5.71. The molecule has 4 saturated carbocycles. The third-order valence-electron chi connectivity index (χ3n) is 11.4. The van der Waals surface area contributed by atoms with Crippen molar-refractivity contribution in [3.05, 3.63) is 24.3 Å². The third kappa shape index (κ3) is 18.4. The Bertz CT molecular complexity index is 995. The lowest BCUT2D eigenvalue weighted by molar-refractivity contribution is -0.157. The van der Waals surface area contributed by atoms with Crippen molar-refractivity contribution in [2.24, 2.45) is 29.1 Å². The van der Waals surface area contributed by atoms with Gasteiger partial charge in [-0.25, -0.2) is 0 Å². The zero-order chi connectivity index (χ0) is 36.6. The maximum absolute atomic E-state index is 13.1. The van der Waals surface area contributed by atoms with Gasteiger partial charge in [0, 0.05) is 12.8 Å². The first-order valence-corrected chi connectivity index (χ1v) is 21.3. The quantitative estimate of drug-likeness (QED) is 0.0317. The summed E-state index contributed by atoms with van der Waals surface area (Å²) >= 11 is 0. The monoisotopic (exact) mass is 714 g/mol. The Labute approximate surface area is 312 Å². The highest BCUT2D eigenvalue weighted by Gasteiger charge is 2.51. The molecule has 7 heteroatoms. The summed E-state index contributed by atoms with van der Waals surface area (Å²) in [5, 5.41) is 0. The van der Waals surface area contributed by atoms with Gasteiger partial charge in [0.25, 0.3) is 0 Å². The number of carbonyl (C=O) groups is 3. The SMILES string of the molecule is CCCCC/C=C\C/C=C\CCCCCCCC(=O)OCC(COC(=O)CCCN(CCC)CCC)COC(=O)CC12CC3CC(CC(C3)C1)C2. The molecule has 0 heterocycles. The first kappa shape index (κ1) is 43.3. The molecule has 0 saturated heterocycles. The van der Waals surface area contributed by atoms with E-state index in [0.29, 0.717) is 19.3 Å². The number of unbranched alkanes of at least 4 members (excludes halogenated alkanes) is 8. The van der Waals surface area contributed by atoms with E-state index in [-0.39, 0.29) is 49.1 Å². The molecule has 4 bridgehead atoms. The van der Waals surface area contributed by atoms with Crippen LogP contribution in [0.1, 0.15) is 168 Å². The van der Waals surface area contributed by atoms with Crippen molar-refractivity contribution in [1.29, 1.82) is 0 Å². The molecule has 0 aliphatic heterocycles. The van der Waals surface area contributed by atoms with Crippen LogP contribution in [0, 0.1) is 29.1 Å². The van der Waals surface area contributed by atoms with Crippen LogP contribution in [0.3, 0.4) is 0 Å². The Morgan fingerprint density at radius 3 is 1.63 bits per heavy atom. The van der Waals surface area contributed by atoms with Crippen LogP contribution in [0.15, 0.2) is 24.3 Å². The molecule has 0 N–H and O–H groups in total. The number of ether oxygens (including phenoxy) is 3. The van der Waals surface area contributed by atoms with E-state index in [1.54, 1.807) is 0 Å². The molecular weight excluding hydrogens is 638 g/mol. The van der Waals surface area contributed by atoms with E-state index in [1.807, 2.05) is 0 Å². The second-order valence-electron chi connectivity index (χ2n) is 16.4. The summed E-state index contributed by atoms with van der Waals surface area (Å²) in [5.41, 5.74) is 0.116. The number of hydrogen-bond donors (Lipinski definition) is 0. The fourth-order valence-electron chi connectivity index (χ4n) is 9.28. The minimum atomic E-state index is -0.362. The van der Waals surface area contributed by atoms with Gasteiger partial charge in [-0.2, -0.15) is 0 Å². The van der Waals surface area contributed by atoms with Crippen molar-refractivity contribution in [2.75, 3.05) is 39.5 Å². The minimum Gasteiger partial charge on any atom is -0.465 e. The topological polar surface area (TPSA) is 82.1 Å². The van der Waals surface area contributed by atoms with Crippen LogP contribution in [-0.4, -0.2) is 62.3 Å². The van der Waals surface area contributed by atoms with Crippen molar-refractivity contribution in [3.63, 3.8) is 0 Å². The zero-order valence-corrected chi connectivity index (χ0v) is 33.0. The molecule has 0 radical (unpaired) electrons. The number of esters is 3. The lowest BCUT2D eigenvalue weighted by Gasteiger charge is -2.56.